The molecule has 0 amide bonds. The van der Waals surface area contributed by atoms with Crippen LogP contribution in [-0.4, -0.2) is 29.1 Å². The Balaban J connectivity index is 1.75. The van der Waals surface area contributed by atoms with Gasteiger partial charge in [0.05, 0.1) is 0 Å². The Morgan fingerprint density at radius 3 is 2.93 bits per heavy atom. The molecule has 0 atom stereocenters. The van der Waals surface area contributed by atoms with E-state index in [0.717, 1.165) is 42.7 Å². The number of nitrogens with zero attached hydrogens (tertiary/aromatic N) is 2. The van der Waals surface area contributed by atoms with Crippen LogP contribution in [0.25, 0.3) is 0 Å². The fourth-order valence-electron chi connectivity index (χ4n) is 1.80. The first kappa shape index (κ1) is 10.8. The van der Waals surface area contributed by atoms with Gasteiger partial charge in [0.1, 0.15) is 11.9 Å². The zero-order chi connectivity index (χ0) is 10.7. The lowest BCUT2D eigenvalue weighted by atomic mass is 9.82. The van der Waals surface area contributed by atoms with Crippen LogP contribution in [-0.2, 0) is 6.42 Å². The minimum atomic E-state index is 0.362. The topological polar surface area (TPSA) is 47.0 Å². The standard InChI is InChI=1S/C10H17N3OS/c1-3-9-12-10(15-13-9)14-8-4-7(5-8)6-11-2/h7-8,11H,3-6H2,1-2H3. The first-order valence-electron chi connectivity index (χ1n) is 5.45. The maximum absolute atomic E-state index is 5.73. The molecule has 1 heterocycles. The molecule has 0 radical (unpaired) electrons. The number of aryl methyl sites for hydroxylation is 1. The highest BCUT2D eigenvalue weighted by molar-refractivity contribution is 7.07. The van der Waals surface area contributed by atoms with Gasteiger partial charge in [-0.2, -0.15) is 9.36 Å². The molecule has 0 aliphatic heterocycles. The molecule has 1 aromatic heterocycles. The van der Waals surface area contributed by atoms with Crippen molar-refractivity contribution in [2.24, 2.45) is 5.92 Å². The van der Waals surface area contributed by atoms with Crippen molar-refractivity contribution in [1.82, 2.24) is 14.7 Å². The van der Waals surface area contributed by atoms with Crippen molar-refractivity contribution >= 4 is 11.5 Å². The van der Waals surface area contributed by atoms with Crippen LogP contribution < -0.4 is 10.1 Å². The van der Waals surface area contributed by atoms with Crippen LogP contribution in [0.2, 0.25) is 0 Å². The Labute approximate surface area is 94.2 Å². The summed E-state index contributed by atoms with van der Waals surface area (Å²) in [7, 11) is 1.99. The summed E-state index contributed by atoms with van der Waals surface area (Å²) in [6.07, 6.45) is 3.53. The van der Waals surface area contributed by atoms with Crippen LogP contribution in [0.4, 0.5) is 0 Å². The minimum absolute atomic E-state index is 0.362. The van der Waals surface area contributed by atoms with Crippen LogP contribution in [0.15, 0.2) is 0 Å². The second-order valence-corrected chi connectivity index (χ2v) is 4.68. The predicted molar refractivity (Wildman–Crippen MR) is 60.4 cm³/mol. The van der Waals surface area contributed by atoms with Gasteiger partial charge in [-0.25, -0.2) is 0 Å². The Morgan fingerprint density at radius 1 is 1.53 bits per heavy atom. The van der Waals surface area contributed by atoms with Crippen LogP contribution >= 0.6 is 11.5 Å². The molecule has 1 aliphatic rings. The normalized spacial score (nSPS) is 24.9. The SMILES string of the molecule is CCc1nsc(OC2CC(CNC)C2)n1. The van der Waals surface area contributed by atoms with E-state index in [9.17, 15) is 0 Å². The third-order valence-corrected chi connectivity index (χ3v) is 3.36. The van der Waals surface area contributed by atoms with E-state index in [2.05, 4.69) is 21.6 Å². The second kappa shape index (κ2) is 4.90. The first-order chi connectivity index (χ1) is 7.31. The molecule has 1 aromatic rings. The zero-order valence-electron chi connectivity index (χ0n) is 9.19. The number of rotatable bonds is 5. The van der Waals surface area contributed by atoms with Crippen molar-refractivity contribution in [3.63, 3.8) is 0 Å². The molecule has 0 aromatic carbocycles. The molecule has 2 rings (SSSR count). The number of aromatic nitrogens is 2. The lowest BCUT2D eigenvalue weighted by Gasteiger charge is -2.34. The van der Waals surface area contributed by atoms with Crippen molar-refractivity contribution in [2.45, 2.75) is 32.3 Å². The highest BCUT2D eigenvalue weighted by Crippen LogP contribution is 2.31. The summed E-state index contributed by atoms with van der Waals surface area (Å²) in [5.41, 5.74) is 0. The summed E-state index contributed by atoms with van der Waals surface area (Å²) < 4.78 is 9.92. The number of hydrogen-bond acceptors (Lipinski definition) is 5. The van der Waals surface area contributed by atoms with Crippen molar-refractivity contribution in [3.05, 3.63) is 5.82 Å². The van der Waals surface area contributed by atoms with Crippen LogP contribution in [0.5, 0.6) is 5.19 Å². The summed E-state index contributed by atoms with van der Waals surface area (Å²) in [6, 6.07) is 0. The first-order valence-corrected chi connectivity index (χ1v) is 6.23. The monoisotopic (exact) mass is 227 g/mol. The van der Waals surface area contributed by atoms with Gasteiger partial charge in [0.2, 0.25) is 0 Å². The van der Waals surface area contributed by atoms with Gasteiger partial charge in [0.25, 0.3) is 5.19 Å². The molecular weight excluding hydrogens is 210 g/mol. The maximum atomic E-state index is 5.73. The van der Waals surface area contributed by atoms with E-state index in [1.54, 1.807) is 0 Å². The molecular formula is C10H17N3OS. The molecule has 0 spiro atoms. The predicted octanol–water partition coefficient (Wildman–Crippen LogP) is 1.48. The highest BCUT2D eigenvalue weighted by Gasteiger charge is 2.30. The summed E-state index contributed by atoms with van der Waals surface area (Å²) >= 11 is 1.37. The Hall–Kier alpha value is -0.680. The highest BCUT2D eigenvalue weighted by atomic mass is 32.1. The van der Waals surface area contributed by atoms with Crippen molar-refractivity contribution in [3.8, 4) is 5.19 Å². The summed E-state index contributed by atoms with van der Waals surface area (Å²) in [6.45, 7) is 3.15. The fraction of sp³-hybridized carbons (Fsp3) is 0.800. The molecule has 0 saturated heterocycles. The number of hydrogen-bond donors (Lipinski definition) is 1. The molecule has 15 heavy (non-hydrogen) atoms. The van der Waals surface area contributed by atoms with Crippen molar-refractivity contribution in [1.29, 1.82) is 0 Å². The number of ether oxygens (including phenoxy) is 1. The molecule has 1 aliphatic carbocycles. The molecule has 1 N–H and O–H groups in total. The van der Waals surface area contributed by atoms with Gasteiger partial charge >= 0.3 is 0 Å². The minimum Gasteiger partial charge on any atom is -0.466 e. The van der Waals surface area contributed by atoms with Crippen LogP contribution in [0.3, 0.4) is 0 Å². The smallest absolute Gasteiger partial charge is 0.293 e. The third kappa shape index (κ3) is 2.66. The summed E-state index contributed by atoms with van der Waals surface area (Å²) in [4.78, 5) is 4.29. The summed E-state index contributed by atoms with van der Waals surface area (Å²) in [5, 5.41) is 3.92. The van der Waals surface area contributed by atoms with Crippen molar-refractivity contribution < 1.29 is 4.74 Å². The fourth-order valence-corrected chi connectivity index (χ4v) is 2.48. The lowest BCUT2D eigenvalue weighted by Crippen LogP contribution is -2.38. The Morgan fingerprint density at radius 2 is 2.33 bits per heavy atom. The molecule has 0 bridgehead atoms. The van der Waals surface area contributed by atoms with Crippen LogP contribution in [0, 0.1) is 5.92 Å². The summed E-state index contributed by atoms with van der Waals surface area (Å²) in [5.74, 6) is 1.67. The van der Waals surface area contributed by atoms with Gasteiger partial charge in [-0.1, -0.05) is 6.92 Å². The molecule has 1 fully saturated rings. The van der Waals surface area contributed by atoms with E-state index < -0.39 is 0 Å². The number of nitrogens with one attached hydrogen (secondary N) is 1. The Kier molecular flexibility index (Phi) is 3.53. The van der Waals surface area contributed by atoms with Gasteiger partial charge in [0, 0.05) is 18.0 Å². The molecule has 84 valence electrons. The van der Waals surface area contributed by atoms with Gasteiger partial charge in [-0.05, 0) is 32.4 Å². The van der Waals surface area contributed by atoms with E-state index in [1.165, 1.54) is 11.5 Å². The van der Waals surface area contributed by atoms with Gasteiger partial charge in [0.15, 0.2) is 0 Å². The quantitative estimate of drug-likeness (QED) is 0.827. The zero-order valence-corrected chi connectivity index (χ0v) is 10.0. The molecule has 1 saturated carbocycles. The van der Waals surface area contributed by atoms with Crippen LogP contribution in [0.1, 0.15) is 25.6 Å². The molecule has 4 nitrogen and oxygen atoms in total. The van der Waals surface area contributed by atoms with E-state index in [1.807, 2.05) is 7.05 Å². The average molecular weight is 227 g/mol. The largest absolute Gasteiger partial charge is 0.466 e. The maximum Gasteiger partial charge on any atom is 0.293 e. The van der Waals surface area contributed by atoms with Crippen molar-refractivity contribution in [2.75, 3.05) is 13.6 Å². The van der Waals surface area contributed by atoms with Gasteiger partial charge in [-0.3, -0.25) is 0 Å². The molecule has 5 heteroatoms. The van der Waals surface area contributed by atoms with E-state index in [-0.39, 0.29) is 0 Å². The van der Waals surface area contributed by atoms with Gasteiger partial charge in [-0.15, -0.1) is 0 Å². The lowest BCUT2D eigenvalue weighted by molar-refractivity contribution is 0.0654. The third-order valence-electron chi connectivity index (χ3n) is 2.72. The van der Waals surface area contributed by atoms with E-state index >= 15 is 0 Å². The average Bonchev–Trinajstić information content (AvgIpc) is 2.62. The van der Waals surface area contributed by atoms with E-state index in [0.29, 0.717) is 6.10 Å². The molecule has 0 unspecified atom stereocenters. The second-order valence-electron chi connectivity index (χ2n) is 3.97. The van der Waals surface area contributed by atoms with Gasteiger partial charge < -0.3 is 10.1 Å². The van der Waals surface area contributed by atoms with E-state index in [4.69, 9.17) is 4.74 Å². The Bertz CT molecular complexity index is 309.